The lowest BCUT2D eigenvalue weighted by atomic mass is 10.0. The summed E-state index contributed by atoms with van der Waals surface area (Å²) in [6.45, 7) is 0.947. The fourth-order valence-electron chi connectivity index (χ4n) is 4.07. The Morgan fingerprint density at radius 1 is 1.09 bits per heavy atom. The number of anilines is 1. The Kier molecular flexibility index (Phi) is 5.16. The summed E-state index contributed by atoms with van der Waals surface area (Å²) < 4.78 is 46.4. The van der Waals surface area contributed by atoms with Gasteiger partial charge in [0, 0.05) is 36.7 Å². The molecule has 1 N–H and O–H groups in total. The van der Waals surface area contributed by atoms with Crippen LogP contribution in [-0.2, 0) is 0 Å². The highest BCUT2D eigenvalue weighted by Gasteiger charge is 2.29. The third-order valence-electron chi connectivity index (χ3n) is 5.70. The Bertz CT molecular complexity index is 1320. The van der Waals surface area contributed by atoms with E-state index in [1.807, 2.05) is 0 Å². The number of furan rings is 1. The molecule has 1 fully saturated rings. The average Bonchev–Trinajstić information content (AvgIpc) is 3.24. The molecule has 0 radical (unpaired) electrons. The van der Waals surface area contributed by atoms with Crippen LogP contribution >= 0.6 is 0 Å². The molecule has 32 heavy (non-hydrogen) atoms. The lowest BCUT2D eigenvalue weighted by Gasteiger charge is -2.35. The Balaban J connectivity index is 1.34. The molecule has 1 amide bonds. The number of amides is 1. The van der Waals surface area contributed by atoms with Gasteiger partial charge in [0.05, 0.1) is 17.2 Å². The topological polar surface area (TPSA) is 71.3 Å². The summed E-state index contributed by atoms with van der Waals surface area (Å²) in [5.41, 5.74) is 0.549. The second-order valence-corrected chi connectivity index (χ2v) is 7.81. The highest BCUT2D eigenvalue weighted by molar-refractivity contribution is 5.96. The minimum atomic E-state index is -0.990. The SMILES string of the molecule is O=C(c1cc2cccc(F)c2o1)N1CCCCC1CNc1cnc2cc(F)c(F)cc2n1. The monoisotopic (exact) mass is 440 g/mol. The second-order valence-electron chi connectivity index (χ2n) is 7.81. The van der Waals surface area contributed by atoms with Crippen LogP contribution in [0.4, 0.5) is 19.0 Å². The van der Waals surface area contributed by atoms with E-state index in [9.17, 15) is 18.0 Å². The van der Waals surface area contributed by atoms with E-state index in [2.05, 4.69) is 15.3 Å². The first-order valence-electron chi connectivity index (χ1n) is 10.3. The number of benzene rings is 2. The number of aromatic nitrogens is 2. The average molecular weight is 440 g/mol. The number of fused-ring (bicyclic) bond motifs is 2. The van der Waals surface area contributed by atoms with Crippen LogP contribution in [0, 0.1) is 17.5 Å². The lowest BCUT2D eigenvalue weighted by molar-refractivity contribution is 0.0598. The smallest absolute Gasteiger partial charge is 0.289 e. The zero-order chi connectivity index (χ0) is 22.2. The van der Waals surface area contributed by atoms with Crippen molar-refractivity contribution in [2.24, 2.45) is 0 Å². The van der Waals surface area contributed by atoms with Crippen molar-refractivity contribution in [2.75, 3.05) is 18.4 Å². The van der Waals surface area contributed by atoms with Crippen molar-refractivity contribution in [3.05, 3.63) is 65.8 Å². The number of carbonyl (C=O) groups excluding carboxylic acids is 1. The third kappa shape index (κ3) is 3.74. The van der Waals surface area contributed by atoms with Crippen molar-refractivity contribution < 1.29 is 22.4 Å². The van der Waals surface area contributed by atoms with E-state index in [0.29, 0.717) is 24.3 Å². The summed E-state index contributed by atoms with van der Waals surface area (Å²) in [5.74, 6) is -2.28. The Labute approximate surface area is 181 Å². The van der Waals surface area contributed by atoms with Gasteiger partial charge >= 0.3 is 0 Å². The molecular weight excluding hydrogens is 421 g/mol. The standard InChI is InChI=1S/C23H19F3N4O2/c24-15-6-3-4-13-8-20(32-22(13)15)23(31)30-7-2-1-5-14(30)11-28-21-12-27-18-9-16(25)17(26)10-19(18)29-21/h3-4,6,8-10,12,14H,1-2,5,7,11H2,(H,28,29). The van der Waals surface area contributed by atoms with Gasteiger partial charge in [-0.25, -0.2) is 18.2 Å². The van der Waals surface area contributed by atoms with Crippen molar-refractivity contribution in [1.29, 1.82) is 0 Å². The van der Waals surface area contributed by atoms with Crippen molar-refractivity contribution in [1.82, 2.24) is 14.9 Å². The highest BCUT2D eigenvalue weighted by atomic mass is 19.2. The Morgan fingerprint density at radius 2 is 1.91 bits per heavy atom. The van der Waals surface area contributed by atoms with Gasteiger partial charge in [-0.15, -0.1) is 0 Å². The molecule has 2 aromatic carbocycles. The molecule has 4 aromatic rings. The van der Waals surface area contributed by atoms with Gasteiger partial charge in [0.2, 0.25) is 0 Å². The minimum absolute atomic E-state index is 0.0673. The maximum atomic E-state index is 14.0. The van der Waals surface area contributed by atoms with Crippen LogP contribution in [0.5, 0.6) is 0 Å². The number of piperidine rings is 1. The molecule has 1 aliphatic rings. The van der Waals surface area contributed by atoms with E-state index in [0.717, 1.165) is 31.4 Å². The maximum absolute atomic E-state index is 14.0. The van der Waals surface area contributed by atoms with Gasteiger partial charge in [0.15, 0.2) is 28.8 Å². The number of hydrogen-bond acceptors (Lipinski definition) is 5. The number of rotatable bonds is 4. The first kappa shape index (κ1) is 20.3. The molecule has 2 aromatic heterocycles. The van der Waals surface area contributed by atoms with Crippen LogP contribution in [0.25, 0.3) is 22.0 Å². The van der Waals surface area contributed by atoms with E-state index in [4.69, 9.17) is 4.42 Å². The molecular formula is C23H19F3N4O2. The molecule has 0 aliphatic carbocycles. The summed E-state index contributed by atoms with van der Waals surface area (Å²) in [6, 6.07) is 7.97. The van der Waals surface area contributed by atoms with E-state index >= 15 is 0 Å². The van der Waals surface area contributed by atoms with Crippen molar-refractivity contribution in [3.63, 3.8) is 0 Å². The van der Waals surface area contributed by atoms with Crippen LogP contribution in [0.3, 0.4) is 0 Å². The molecule has 0 spiro atoms. The van der Waals surface area contributed by atoms with Crippen LogP contribution in [-0.4, -0.2) is 39.9 Å². The van der Waals surface area contributed by atoms with E-state index < -0.39 is 17.5 Å². The normalized spacial score (nSPS) is 16.6. The largest absolute Gasteiger partial charge is 0.448 e. The second kappa shape index (κ2) is 8.14. The first-order valence-corrected chi connectivity index (χ1v) is 10.3. The number of nitrogens with zero attached hydrogens (tertiary/aromatic N) is 3. The van der Waals surface area contributed by atoms with Gasteiger partial charge in [-0.1, -0.05) is 12.1 Å². The van der Waals surface area contributed by atoms with Crippen LogP contribution in [0.15, 0.2) is 47.0 Å². The maximum Gasteiger partial charge on any atom is 0.289 e. The van der Waals surface area contributed by atoms with Gasteiger partial charge in [-0.2, -0.15) is 0 Å². The first-order chi connectivity index (χ1) is 15.5. The zero-order valence-corrected chi connectivity index (χ0v) is 16.9. The minimum Gasteiger partial charge on any atom is -0.448 e. The fraction of sp³-hybridized carbons (Fsp3) is 0.261. The lowest BCUT2D eigenvalue weighted by Crippen LogP contribution is -2.47. The molecule has 9 heteroatoms. The molecule has 6 nitrogen and oxygen atoms in total. The number of hydrogen-bond donors (Lipinski definition) is 1. The van der Waals surface area contributed by atoms with Gasteiger partial charge in [0.25, 0.3) is 5.91 Å². The fourth-order valence-corrected chi connectivity index (χ4v) is 4.07. The van der Waals surface area contributed by atoms with Crippen LogP contribution < -0.4 is 5.32 Å². The molecule has 0 bridgehead atoms. The van der Waals surface area contributed by atoms with E-state index in [-0.39, 0.29) is 34.3 Å². The molecule has 0 saturated carbocycles. The van der Waals surface area contributed by atoms with Crippen molar-refractivity contribution in [2.45, 2.75) is 25.3 Å². The molecule has 1 atom stereocenters. The third-order valence-corrected chi connectivity index (χ3v) is 5.70. The van der Waals surface area contributed by atoms with E-state index in [1.54, 1.807) is 23.1 Å². The van der Waals surface area contributed by atoms with Gasteiger partial charge < -0.3 is 14.6 Å². The molecule has 1 unspecified atom stereocenters. The molecule has 5 rings (SSSR count). The van der Waals surface area contributed by atoms with Crippen LogP contribution in [0.2, 0.25) is 0 Å². The predicted octanol–water partition coefficient (Wildman–Crippen LogP) is 4.90. The van der Waals surface area contributed by atoms with Crippen LogP contribution in [0.1, 0.15) is 29.8 Å². The van der Waals surface area contributed by atoms with Crippen molar-refractivity contribution >= 4 is 33.7 Å². The summed E-state index contributed by atoms with van der Waals surface area (Å²) in [7, 11) is 0. The number of halogens is 3. The Hall–Kier alpha value is -3.62. The molecule has 1 aliphatic heterocycles. The Morgan fingerprint density at radius 3 is 2.72 bits per heavy atom. The highest BCUT2D eigenvalue weighted by Crippen LogP contribution is 2.26. The predicted molar refractivity (Wildman–Crippen MR) is 113 cm³/mol. The number of carbonyl (C=O) groups is 1. The van der Waals surface area contributed by atoms with Gasteiger partial charge in [-0.05, 0) is 31.4 Å². The summed E-state index contributed by atoms with van der Waals surface area (Å²) in [5, 5.41) is 3.68. The quantitative estimate of drug-likeness (QED) is 0.489. The molecule has 1 saturated heterocycles. The summed E-state index contributed by atoms with van der Waals surface area (Å²) in [6.07, 6.45) is 4.03. The zero-order valence-electron chi connectivity index (χ0n) is 16.9. The van der Waals surface area contributed by atoms with E-state index in [1.165, 1.54) is 12.3 Å². The number of para-hydroxylation sites is 1. The molecule has 164 valence electrons. The molecule has 3 heterocycles. The van der Waals surface area contributed by atoms with Crippen molar-refractivity contribution in [3.8, 4) is 0 Å². The number of likely N-dealkylation sites (tertiary alicyclic amines) is 1. The number of nitrogens with one attached hydrogen (secondary N) is 1. The summed E-state index contributed by atoms with van der Waals surface area (Å²) in [4.78, 5) is 23.2. The van der Waals surface area contributed by atoms with Gasteiger partial charge in [-0.3, -0.25) is 9.78 Å². The van der Waals surface area contributed by atoms with Gasteiger partial charge in [0.1, 0.15) is 5.82 Å². The summed E-state index contributed by atoms with van der Waals surface area (Å²) >= 11 is 0.